The lowest BCUT2D eigenvalue weighted by Crippen LogP contribution is -2.42. The Kier molecular flexibility index (Phi) is 4.35. The number of nitrogens with zero attached hydrogens (tertiary/aromatic N) is 1. The number of carbonyl (C=O) groups excluding carboxylic acids is 1. The molecule has 2 aliphatic heterocycles. The van der Waals surface area contributed by atoms with Crippen LogP contribution in [0.2, 0.25) is 0 Å². The minimum atomic E-state index is -0.248. The summed E-state index contributed by atoms with van der Waals surface area (Å²) in [5, 5.41) is 13.4. The quantitative estimate of drug-likeness (QED) is 0.844. The first-order valence-electron chi connectivity index (χ1n) is 10.2. The third-order valence-corrected chi connectivity index (χ3v) is 6.53. The summed E-state index contributed by atoms with van der Waals surface area (Å²) in [7, 11) is 0. The van der Waals surface area contributed by atoms with Gasteiger partial charge in [0.05, 0.1) is 18.7 Å². The second-order valence-corrected chi connectivity index (χ2v) is 8.37. The first-order valence-corrected chi connectivity index (χ1v) is 10.2. The van der Waals surface area contributed by atoms with Gasteiger partial charge in [-0.3, -0.25) is 4.79 Å². The van der Waals surface area contributed by atoms with Crippen LogP contribution >= 0.6 is 0 Å². The van der Waals surface area contributed by atoms with Crippen molar-refractivity contribution >= 4 is 11.6 Å². The van der Waals surface area contributed by atoms with Crippen molar-refractivity contribution in [1.82, 2.24) is 4.90 Å². The highest BCUT2D eigenvalue weighted by Gasteiger charge is 2.46. The SMILES string of the molecule is O=C(CC1CC1)N1CC[C@H]2[C@H](CO)Nc3ccc(-c4ccc(F)cc4)cc3[C@H]21. The molecule has 3 aliphatic rings. The van der Waals surface area contributed by atoms with Gasteiger partial charge in [0.1, 0.15) is 5.82 Å². The number of aliphatic hydroxyl groups excluding tert-OH is 1. The van der Waals surface area contributed by atoms with Crippen molar-refractivity contribution in [3.8, 4) is 11.1 Å². The maximum atomic E-state index is 13.3. The molecule has 146 valence electrons. The molecule has 1 saturated heterocycles. The fourth-order valence-electron chi connectivity index (χ4n) is 4.85. The highest BCUT2D eigenvalue weighted by atomic mass is 19.1. The fraction of sp³-hybridized carbons (Fsp3) is 0.435. The summed E-state index contributed by atoms with van der Waals surface area (Å²) in [6.07, 6.45) is 3.88. The van der Waals surface area contributed by atoms with E-state index in [9.17, 15) is 14.3 Å². The number of hydrogen-bond acceptors (Lipinski definition) is 3. The van der Waals surface area contributed by atoms with Crippen LogP contribution in [-0.2, 0) is 4.79 Å². The minimum absolute atomic E-state index is 0.0000448. The normalized spacial score (nSPS) is 25.8. The van der Waals surface area contributed by atoms with E-state index in [-0.39, 0.29) is 36.3 Å². The molecule has 2 aromatic rings. The van der Waals surface area contributed by atoms with Gasteiger partial charge in [0, 0.05) is 24.6 Å². The molecule has 1 aliphatic carbocycles. The number of nitrogens with one attached hydrogen (secondary N) is 1. The zero-order valence-corrected chi connectivity index (χ0v) is 15.8. The number of hydrogen-bond donors (Lipinski definition) is 2. The van der Waals surface area contributed by atoms with Crippen LogP contribution in [0.5, 0.6) is 0 Å². The standard InChI is InChI=1S/C23H25FN2O2/c24-17-6-3-15(4-7-17)16-5-8-20-19(12-16)23-18(21(13-27)25-20)9-10-26(23)22(28)11-14-1-2-14/h3-8,12,14,18,21,23,25,27H,1-2,9-11,13H2/t18-,21-,23-/m0/s1. The Morgan fingerprint density at radius 3 is 2.57 bits per heavy atom. The Balaban J connectivity index is 1.53. The van der Waals surface area contributed by atoms with Gasteiger partial charge >= 0.3 is 0 Å². The summed E-state index contributed by atoms with van der Waals surface area (Å²) < 4.78 is 13.3. The molecule has 0 aromatic heterocycles. The first-order chi connectivity index (χ1) is 13.6. The number of rotatable bonds is 4. The molecule has 0 radical (unpaired) electrons. The molecule has 5 rings (SSSR count). The van der Waals surface area contributed by atoms with Crippen LogP contribution in [0.4, 0.5) is 10.1 Å². The number of halogens is 1. The van der Waals surface area contributed by atoms with Crippen LogP contribution in [0.15, 0.2) is 42.5 Å². The zero-order valence-electron chi connectivity index (χ0n) is 15.8. The summed E-state index contributed by atoms with van der Waals surface area (Å²) in [5.41, 5.74) is 4.07. The van der Waals surface area contributed by atoms with Gasteiger partial charge < -0.3 is 15.3 Å². The lowest BCUT2D eigenvalue weighted by atomic mass is 9.82. The molecule has 2 aromatic carbocycles. The van der Waals surface area contributed by atoms with Crippen molar-refractivity contribution in [3.05, 3.63) is 53.8 Å². The molecule has 2 N–H and O–H groups in total. The lowest BCUT2D eigenvalue weighted by molar-refractivity contribution is -0.133. The van der Waals surface area contributed by atoms with Crippen LogP contribution < -0.4 is 5.32 Å². The summed E-state index contributed by atoms with van der Waals surface area (Å²) in [6.45, 7) is 0.810. The minimum Gasteiger partial charge on any atom is -0.394 e. The average molecular weight is 380 g/mol. The molecule has 28 heavy (non-hydrogen) atoms. The Morgan fingerprint density at radius 1 is 1.11 bits per heavy atom. The summed E-state index contributed by atoms with van der Waals surface area (Å²) in [5.74, 6) is 0.768. The van der Waals surface area contributed by atoms with Gasteiger partial charge in [0.15, 0.2) is 0 Å². The highest BCUT2D eigenvalue weighted by Crippen LogP contribution is 2.48. The van der Waals surface area contributed by atoms with Crippen LogP contribution in [-0.4, -0.2) is 35.1 Å². The second kappa shape index (κ2) is 6.89. The molecule has 3 atom stereocenters. The number of fused-ring (bicyclic) bond motifs is 3. The predicted molar refractivity (Wildman–Crippen MR) is 106 cm³/mol. The van der Waals surface area contributed by atoms with Gasteiger partial charge in [-0.05, 0) is 66.1 Å². The summed E-state index contributed by atoms with van der Waals surface area (Å²) in [4.78, 5) is 15.0. The van der Waals surface area contributed by atoms with E-state index in [1.807, 2.05) is 17.0 Å². The number of anilines is 1. The summed E-state index contributed by atoms with van der Waals surface area (Å²) in [6, 6.07) is 12.6. The van der Waals surface area contributed by atoms with E-state index in [1.165, 1.54) is 25.0 Å². The van der Waals surface area contributed by atoms with Crippen molar-refractivity contribution in [1.29, 1.82) is 0 Å². The van der Waals surface area contributed by atoms with E-state index in [4.69, 9.17) is 0 Å². The molecule has 0 unspecified atom stereocenters. The van der Waals surface area contributed by atoms with Gasteiger partial charge in [-0.25, -0.2) is 4.39 Å². The Bertz CT molecular complexity index is 894. The fourth-order valence-corrected chi connectivity index (χ4v) is 4.85. The number of amides is 1. The van der Waals surface area contributed by atoms with Gasteiger partial charge in [-0.15, -0.1) is 0 Å². The van der Waals surface area contributed by atoms with Crippen molar-refractivity contribution in [2.24, 2.45) is 11.8 Å². The molecule has 0 bridgehead atoms. The van der Waals surface area contributed by atoms with Crippen molar-refractivity contribution in [2.45, 2.75) is 37.8 Å². The highest BCUT2D eigenvalue weighted by molar-refractivity contribution is 5.79. The number of carbonyl (C=O) groups is 1. The maximum absolute atomic E-state index is 13.3. The maximum Gasteiger partial charge on any atom is 0.223 e. The third kappa shape index (κ3) is 3.08. The molecule has 0 spiro atoms. The Hall–Kier alpha value is -2.40. The number of likely N-dealkylation sites (tertiary alicyclic amines) is 1. The topological polar surface area (TPSA) is 52.6 Å². The van der Waals surface area contributed by atoms with Gasteiger partial charge in [-0.1, -0.05) is 18.2 Å². The average Bonchev–Trinajstić information content (AvgIpc) is 3.41. The molecule has 1 saturated carbocycles. The monoisotopic (exact) mass is 380 g/mol. The van der Waals surface area contributed by atoms with Crippen LogP contribution in [0.3, 0.4) is 0 Å². The van der Waals surface area contributed by atoms with Gasteiger partial charge in [0.2, 0.25) is 5.91 Å². The molecule has 2 heterocycles. The third-order valence-electron chi connectivity index (χ3n) is 6.53. The van der Waals surface area contributed by atoms with E-state index in [1.54, 1.807) is 12.1 Å². The van der Waals surface area contributed by atoms with E-state index < -0.39 is 0 Å². The van der Waals surface area contributed by atoms with Crippen molar-refractivity contribution in [3.63, 3.8) is 0 Å². The molecular formula is C23H25FN2O2. The van der Waals surface area contributed by atoms with Crippen LogP contribution in [0.1, 0.15) is 37.3 Å². The van der Waals surface area contributed by atoms with Crippen molar-refractivity contribution in [2.75, 3.05) is 18.5 Å². The second-order valence-electron chi connectivity index (χ2n) is 8.37. The van der Waals surface area contributed by atoms with E-state index >= 15 is 0 Å². The van der Waals surface area contributed by atoms with E-state index in [2.05, 4.69) is 11.4 Å². The Labute approximate surface area is 164 Å². The van der Waals surface area contributed by atoms with Gasteiger partial charge in [0.25, 0.3) is 0 Å². The lowest BCUT2D eigenvalue weighted by Gasteiger charge is -2.39. The molecular weight excluding hydrogens is 355 g/mol. The number of benzene rings is 2. The molecule has 4 nitrogen and oxygen atoms in total. The molecule has 1 amide bonds. The van der Waals surface area contributed by atoms with Crippen LogP contribution in [0, 0.1) is 17.7 Å². The molecule has 2 fully saturated rings. The van der Waals surface area contributed by atoms with Gasteiger partial charge in [-0.2, -0.15) is 0 Å². The van der Waals surface area contributed by atoms with Crippen molar-refractivity contribution < 1.29 is 14.3 Å². The van der Waals surface area contributed by atoms with E-state index in [0.29, 0.717) is 12.3 Å². The zero-order chi connectivity index (χ0) is 19.3. The van der Waals surface area contributed by atoms with E-state index in [0.717, 1.165) is 35.3 Å². The van der Waals surface area contributed by atoms with Crippen LogP contribution in [0.25, 0.3) is 11.1 Å². The largest absolute Gasteiger partial charge is 0.394 e. The predicted octanol–water partition coefficient (Wildman–Crippen LogP) is 3.97. The Morgan fingerprint density at radius 2 is 1.86 bits per heavy atom. The number of aliphatic hydroxyl groups is 1. The first kappa shape index (κ1) is 17.7. The molecule has 5 heteroatoms. The smallest absolute Gasteiger partial charge is 0.223 e. The summed E-state index contributed by atoms with van der Waals surface area (Å²) >= 11 is 0.